The van der Waals surface area contributed by atoms with Crippen LogP contribution in [0.25, 0.3) is 11.0 Å². The fourth-order valence-corrected chi connectivity index (χ4v) is 3.97. The van der Waals surface area contributed by atoms with E-state index in [1.54, 1.807) is 6.20 Å². The number of carbonyl (C=O) groups is 1. The highest BCUT2D eigenvalue weighted by Gasteiger charge is 2.27. The largest absolute Gasteiger partial charge is 0.380 e. The number of anilines is 1. The van der Waals surface area contributed by atoms with Crippen LogP contribution in [-0.4, -0.2) is 34.9 Å². The summed E-state index contributed by atoms with van der Waals surface area (Å²) in [6, 6.07) is 2.41. The van der Waals surface area contributed by atoms with Crippen LogP contribution in [0.5, 0.6) is 0 Å². The molecule has 5 nitrogen and oxygen atoms in total. The number of nitrogens with zero attached hydrogens (tertiary/aromatic N) is 1. The monoisotopic (exact) mass is 312 g/mol. The molecule has 4 rings (SSSR count). The van der Waals surface area contributed by atoms with Crippen molar-refractivity contribution in [1.82, 2.24) is 15.3 Å². The number of piperidine rings is 1. The van der Waals surface area contributed by atoms with Crippen molar-refractivity contribution in [1.29, 1.82) is 0 Å². The molecule has 0 radical (unpaired) electrons. The topological polar surface area (TPSA) is 69.8 Å². The summed E-state index contributed by atoms with van der Waals surface area (Å²) in [5, 5.41) is 8.01. The summed E-state index contributed by atoms with van der Waals surface area (Å²) in [4.78, 5) is 20.5. The Balaban J connectivity index is 1.67. The van der Waals surface area contributed by atoms with E-state index in [0.29, 0.717) is 6.04 Å². The van der Waals surface area contributed by atoms with Crippen molar-refractivity contribution in [3.05, 3.63) is 24.0 Å². The third-order valence-corrected chi connectivity index (χ3v) is 5.22. The molecular formula is C18H24N4O. The molecule has 3 N–H and O–H groups in total. The van der Waals surface area contributed by atoms with E-state index in [9.17, 15) is 4.79 Å². The fraction of sp³-hybridized carbons (Fsp3) is 0.556. The summed E-state index contributed by atoms with van der Waals surface area (Å²) in [7, 11) is 0. The molecule has 122 valence electrons. The van der Waals surface area contributed by atoms with Gasteiger partial charge in [-0.1, -0.05) is 12.8 Å². The molecule has 0 spiro atoms. The molecule has 1 aliphatic carbocycles. The number of carbonyl (C=O) groups excluding carboxylic acids is 1. The third-order valence-electron chi connectivity index (χ3n) is 5.22. The molecule has 2 aromatic rings. The van der Waals surface area contributed by atoms with Gasteiger partial charge in [-0.05, 0) is 38.3 Å². The van der Waals surface area contributed by atoms with Gasteiger partial charge in [0.25, 0.3) is 0 Å². The van der Waals surface area contributed by atoms with Crippen molar-refractivity contribution in [3.63, 3.8) is 0 Å². The SMILES string of the molecule is O=C(c1c[nH]c2nccc(N[C@@H]3CCCNC3)c12)C1CCCC1. The number of ketones is 1. The second kappa shape index (κ2) is 6.32. The molecule has 0 amide bonds. The number of Topliss-reactive ketones (excluding diaryl/α,β-unsaturated/α-hetero) is 1. The Bertz CT molecular complexity index is 696. The maximum absolute atomic E-state index is 12.9. The Morgan fingerprint density at radius 3 is 2.87 bits per heavy atom. The average molecular weight is 312 g/mol. The number of aromatic nitrogens is 2. The predicted molar refractivity (Wildman–Crippen MR) is 91.9 cm³/mol. The average Bonchev–Trinajstić information content (AvgIpc) is 3.26. The highest BCUT2D eigenvalue weighted by molar-refractivity contribution is 6.12. The van der Waals surface area contributed by atoms with E-state index < -0.39 is 0 Å². The molecule has 0 bridgehead atoms. The first kappa shape index (κ1) is 14.7. The summed E-state index contributed by atoms with van der Waals surface area (Å²) in [6.45, 7) is 2.07. The van der Waals surface area contributed by atoms with Gasteiger partial charge >= 0.3 is 0 Å². The molecule has 1 saturated carbocycles. The standard InChI is InChI=1S/C18H24N4O/c23-17(12-4-1-2-5-12)14-11-21-18-16(14)15(7-9-20-18)22-13-6-3-8-19-10-13/h7,9,11-13,19H,1-6,8,10H2,(H2,20,21,22)/t13-/m1/s1. The van der Waals surface area contributed by atoms with E-state index in [4.69, 9.17) is 0 Å². The number of hydrogen-bond donors (Lipinski definition) is 3. The minimum absolute atomic E-state index is 0.193. The van der Waals surface area contributed by atoms with Crippen LogP contribution >= 0.6 is 0 Å². The van der Waals surface area contributed by atoms with Crippen molar-refractivity contribution < 1.29 is 4.79 Å². The van der Waals surface area contributed by atoms with Gasteiger partial charge in [0.05, 0.1) is 5.39 Å². The van der Waals surface area contributed by atoms with Crippen LogP contribution in [0.1, 0.15) is 48.9 Å². The van der Waals surface area contributed by atoms with Gasteiger partial charge in [0.1, 0.15) is 5.65 Å². The molecule has 0 aromatic carbocycles. The van der Waals surface area contributed by atoms with Gasteiger partial charge in [0.15, 0.2) is 5.78 Å². The lowest BCUT2D eigenvalue weighted by atomic mass is 9.96. The van der Waals surface area contributed by atoms with Crippen LogP contribution in [-0.2, 0) is 0 Å². The van der Waals surface area contributed by atoms with Crippen molar-refractivity contribution >= 4 is 22.5 Å². The highest BCUT2D eigenvalue weighted by atomic mass is 16.1. The second-order valence-corrected chi connectivity index (χ2v) is 6.82. The molecule has 1 atom stereocenters. The number of pyridine rings is 1. The predicted octanol–water partition coefficient (Wildman–Crippen LogP) is 3.10. The molecule has 1 aliphatic heterocycles. The van der Waals surface area contributed by atoms with Crippen molar-refractivity contribution in [3.8, 4) is 0 Å². The molecule has 1 saturated heterocycles. The smallest absolute Gasteiger partial charge is 0.168 e. The first-order valence-electron chi connectivity index (χ1n) is 8.80. The number of nitrogens with one attached hydrogen (secondary N) is 3. The lowest BCUT2D eigenvalue weighted by molar-refractivity contribution is 0.0924. The van der Waals surface area contributed by atoms with Crippen LogP contribution in [0.4, 0.5) is 5.69 Å². The number of H-pyrrole nitrogens is 1. The lowest BCUT2D eigenvalue weighted by Gasteiger charge is -2.25. The maximum atomic E-state index is 12.9. The summed E-state index contributed by atoms with van der Waals surface area (Å²) in [5.41, 5.74) is 2.65. The molecule has 2 aromatic heterocycles. The van der Waals surface area contributed by atoms with Crippen LogP contribution in [0, 0.1) is 5.92 Å². The van der Waals surface area contributed by atoms with Gasteiger partial charge in [-0.15, -0.1) is 0 Å². The van der Waals surface area contributed by atoms with Gasteiger partial charge in [0.2, 0.25) is 0 Å². The zero-order chi connectivity index (χ0) is 15.6. The summed E-state index contributed by atoms with van der Waals surface area (Å²) < 4.78 is 0. The minimum Gasteiger partial charge on any atom is -0.380 e. The normalized spacial score (nSPS) is 22.5. The first-order valence-corrected chi connectivity index (χ1v) is 8.80. The Hall–Kier alpha value is -1.88. The molecule has 5 heteroatoms. The molecule has 2 aliphatic rings. The molecular weight excluding hydrogens is 288 g/mol. The highest BCUT2D eigenvalue weighted by Crippen LogP contribution is 2.33. The molecule has 23 heavy (non-hydrogen) atoms. The Morgan fingerprint density at radius 2 is 2.09 bits per heavy atom. The van der Waals surface area contributed by atoms with Crippen molar-refractivity contribution in [2.45, 2.75) is 44.6 Å². The molecule has 2 fully saturated rings. The van der Waals surface area contributed by atoms with E-state index in [0.717, 1.165) is 54.6 Å². The zero-order valence-corrected chi connectivity index (χ0v) is 13.4. The number of fused-ring (bicyclic) bond motifs is 1. The second-order valence-electron chi connectivity index (χ2n) is 6.82. The first-order chi connectivity index (χ1) is 11.3. The number of aromatic amines is 1. The van der Waals surface area contributed by atoms with E-state index in [-0.39, 0.29) is 11.7 Å². The maximum Gasteiger partial charge on any atom is 0.168 e. The van der Waals surface area contributed by atoms with Gasteiger partial charge in [-0.25, -0.2) is 4.98 Å². The van der Waals surface area contributed by atoms with E-state index in [1.807, 2.05) is 12.3 Å². The van der Waals surface area contributed by atoms with Gasteiger partial charge < -0.3 is 15.6 Å². The lowest BCUT2D eigenvalue weighted by Crippen LogP contribution is -2.38. The Morgan fingerprint density at radius 1 is 1.22 bits per heavy atom. The fourth-order valence-electron chi connectivity index (χ4n) is 3.97. The molecule has 3 heterocycles. The van der Waals surface area contributed by atoms with Crippen LogP contribution in [0.15, 0.2) is 18.5 Å². The van der Waals surface area contributed by atoms with E-state index in [2.05, 4.69) is 20.6 Å². The summed E-state index contributed by atoms with van der Waals surface area (Å²) >= 11 is 0. The Kier molecular flexibility index (Phi) is 4.04. The third kappa shape index (κ3) is 2.85. The Labute approximate surface area is 136 Å². The van der Waals surface area contributed by atoms with Gasteiger partial charge in [0, 0.05) is 42.1 Å². The van der Waals surface area contributed by atoms with E-state index in [1.165, 1.54) is 19.3 Å². The van der Waals surface area contributed by atoms with Crippen molar-refractivity contribution in [2.24, 2.45) is 5.92 Å². The number of rotatable bonds is 4. The van der Waals surface area contributed by atoms with Crippen molar-refractivity contribution in [2.75, 3.05) is 18.4 Å². The summed E-state index contributed by atoms with van der Waals surface area (Å²) in [6.07, 6.45) is 10.4. The quantitative estimate of drug-likeness (QED) is 0.759. The van der Waals surface area contributed by atoms with Gasteiger partial charge in [-0.3, -0.25) is 4.79 Å². The number of hydrogen-bond acceptors (Lipinski definition) is 4. The van der Waals surface area contributed by atoms with E-state index >= 15 is 0 Å². The van der Waals surface area contributed by atoms with Crippen LogP contribution < -0.4 is 10.6 Å². The zero-order valence-electron chi connectivity index (χ0n) is 13.4. The van der Waals surface area contributed by atoms with Gasteiger partial charge in [-0.2, -0.15) is 0 Å². The van der Waals surface area contributed by atoms with Crippen LogP contribution in [0.3, 0.4) is 0 Å². The molecule has 0 unspecified atom stereocenters. The minimum atomic E-state index is 0.193. The van der Waals surface area contributed by atoms with Crippen LogP contribution in [0.2, 0.25) is 0 Å². The summed E-state index contributed by atoms with van der Waals surface area (Å²) in [5.74, 6) is 0.477.